The minimum absolute atomic E-state index is 0.174. The van der Waals surface area contributed by atoms with Crippen molar-refractivity contribution in [1.29, 1.82) is 0 Å². The molecule has 1 aliphatic heterocycles. The van der Waals surface area contributed by atoms with E-state index in [9.17, 15) is 9.50 Å². The van der Waals surface area contributed by atoms with Gasteiger partial charge in [-0.05, 0) is 31.2 Å². The minimum Gasteiger partial charge on any atom is -0.482 e. The normalized spacial score (nSPS) is 17.6. The molecular weight excluding hydrogens is 423 g/mol. The molecule has 0 saturated heterocycles. The SMILES string of the molecule is C[C@H]1Oc2cc(cnc2N)-c2n[nH]c(Cl)c2C(O)c2cn(C)nc2-c2ccc(F)cc21. The number of anilines is 1. The van der Waals surface area contributed by atoms with Gasteiger partial charge in [0.15, 0.2) is 11.6 Å². The lowest BCUT2D eigenvalue weighted by Crippen LogP contribution is -2.10. The van der Waals surface area contributed by atoms with Crippen molar-refractivity contribution in [3.63, 3.8) is 0 Å². The molecule has 2 atom stereocenters. The van der Waals surface area contributed by atoms with Gasteiger partial charge in [0.25, 0.3) is 0 Å². The summed E-state index contributed by atoms with van der Waals surface area (Å²) in [5.41, 5.74) is 9.52. The highest BCUT2D eigenvalue weighted by molar-refractivity contribution is 6.30. The van der Waals surface area contributed by atoms with Gasteiger partial charge in [0.05, 0.1) is 11.3 Å². The van der Waals surface area contributed by atoms with E-state index in [0.717, 1.165) is 0 Å². The monoisotopic (exact) mass is 440 g/mol. The van der Waals surface area contributed by atoms with Gasteiger partial charge < -0.3 is 15.6 Å². The molecule has 0 saturated carbocycles. The van der Waals surface area contributed by atoms with Crippen molar-refractivity contribution in [1.82, 2.24) is 25.0 Å². The number of aliphatic hydroxyl groups is 1. The van der Waals surface area contributed by atoms with Crippen molar-refractivity contribution in [2.45, 2.75) is 19.1 Å². The molecule has 5 rings (SSSR count). The average Bonchev–Trinajstić information content (AvgIpc) is 3.31. The summed E-state index contributed by atoms with van der Waals surface area (Å²) >= 11 is 6.37. The number of rotatable bonds is 0. The summed E-state index contributed by atoms with van der Waals surface area (Å²) < 4.78 is 21.9. The summed E-state index contributed by atoms with van der Waals surface area (Å²) in [5, 5.41) is 23.1. The van der Waals surface area contributed by atoms with E-state index in [2.05, 4.69) is 20.3 Å². The highest BCUT2D eigenvalue weighted by atomic mass is 35.5. The van der Waals surface area contributed by atoms with Crippen LogP contribution in [0, 0.1) is 5.82 Å². The number of nitrogens with zero attached hydrogens (tertiary/aromatic N) is 4. The number of nitrogen functional groups attached to an aromatic ring is 1. The number of pyridine rings is 1. The number of aromatic amines is 1. The molecule has 4 N–H and O–H groups in total. The van der Waals surface area contributed by atoms with Crippen molar-refractivity contribution >= 4 is 17.4 Å². The van der Waals surface area contributed by atoms with Crippen LogP contribution in [0.5, 0.6) is 5.75 Å². The van der Waals surface area contributed by atoms with Crippen LogP contribution in [-0.2, 0) is 7.05 Å². The first kappa shape index (κ1) is 19.5. The van der Waals surface area contributed by atoms with Gasteiger partial charge in [-0.3, -0.25) is 9.78 Å². The number of aliphatic hydroxyl groups excluding tert-OH is 1. The van der Waals surface area contributed by atoms with Crippen LogP contribution < -0.4 is 10.5 Å². The molecule has 0 fully saturated rings. The van der Waals surface area contributed by atoms with Gasteiger partial charge in [-0.2, -0.15) is 10.2 Å². The molecule has 158 valence electrons. The number of hydrogen-bond acceptors (Lipinski definition) is 6. The molecule has 10 heteroatoms. The maximum Gasteiger partial charge on any atom is 0.166 e. The minimum atomic E-state index is -1.15. The van der Waals surface area contributed by atoms with Crippen molar-refractivity contribution in [3.05, 3.63) is 64.3 Å². The van der Waals surface area contributed by atoms with E-state index in [1.807, 2.05) is 0 Å². The van der Waals surface area contributed by atoms with Crippen molar-refractivity contribution in [3.8, 4) is 28.3 Å². The quantitative estimate of drug-likeness (QED) is 0.383. The van der Waals surface area contributed by atoms with E-state index >= 15 is 0 Å². The second-order valence-corrected chi connectivity index (χ2v) is 7.79. The lowest BCUT2D eigenvalue weighted by Gasteiger charge is -2.21. The van der Waals surface area contributed by atoms with Crippen LogP contribution in [0.4, 0.5) is 10.2 Å². The lowest BCUT2D eigenvalue weighted by molar-refractivity contribution is 0.220. The molecule has 0 radical (unpaired) electrons. The molecule has 1 aromatic carbocycles. The van der Waals surface area contributed by atoms with Crippen molar-refractivity contribution < 1.29 is 14.2 Å². The first-order valence-corrected chi connectivity index (χ1v) is 9.89. The fraction of sp³-hybridized carbons (Fsp3) is 0.190. The Balaban J connectivity index is 1.86. The van der Waals surface area contributed by atoms with Crippen molar-refractivity contribution in [2.24, 2.45) is 7.05 Å². The molecule has 0 spiro atoms. The molecular formula is C21H18ClFN6O2. The number of benzene rings is 1. The second kappa shape index (κ2) is 7.07. The first-order chi connectivity index (χ1) is 14.8. The topological polar surface area (TPSA) is 115 Å². The van der Waals surface area contributed by atoms with E-state index < -0.39 is 18.0 Å². The molecule has 8 nitrogen and oxygen atoms in total. The Bertz CT molecular complexity index is 1320. The molecule has 4 aromatic rings. The summed E-state index contributed by atoms with van der Waals surface area (Å²) in [6.07, 6.45) is 1.49. The molecule has 4 heterocycles. The molecule has 1 unspecified atom stereocenters. The van der Waals surface area contributed by atoms with Crippen LogP contribution in [0.25, 0.3) is 22.5 Å². The smallest absolute Gasteiger partial charge is 0.166 e. The third kappa shape index (κ3) is 3.13. The number of nitrogens with one attached hydrogen (secondary N) is 1. The van der Waals surface area contributed by atoms with Crippen LogP contribution in [0.2, 0.25) is 5.15 Å². The first-order valence-electron chi connectivity index (χ1n) is 9.51. The molecule has 31 heavy (non-hydrogen) atoms. The number of aromatic nitrogens is 5. The van der Waals surface area contributed by atoms with Gasteiger partial charge in [0.1, 0.15) is 28.9 Å². The Morgan fingerprint density at radius 2 is 2.06 bits per heavy atom. The third-order valence-corrected chi connectivity index (χ3v) is 5.64. The van der Waals surface area contributed by atoms with Crippen molar-refractivity contribution in [2.75, 3.05) is 5.73 Å². The number of aryl methyl sites for hydroxylation is 1. The molecule has 2 bridgehead atoms. The zero-order valence-electron chi connectivity index (χ0n) is 16.6. The predicted octanol–water partition coefficient (Wildman–Crippen LogP) is 3.78. The van der Waals surface area contributed by atoms with E-state index in [-0.39, 0.29) is 11.0 Å². The molecule has 0 aliphatic carbocycles. The maximum absolute atomic E-state index is 14.2. The highest BCUT2D eigenvalue weighted by Crippen LogP contribution is 2.42. The largest absolute Gasteiger partial charge is 0.482 e. The Morgan fingerprint density at radius 3 is 2.87 bits per heavy atom. The number of nitrogens with two attached hydrogens (primary N) is 1. The van der Waals surface area contributed by atoms with Crippen LogP contribution in [0.1, 0.15) is 35.8 Å². The summed E-state index contributed by atoms with van der Waals surface area (Å²) in [6, 6.07) is 6.02. The Kier molecular flexibility index (Phi) is 4.45. The van der Waals surface area contributed by atoms with E-state index in [4.69, 9.17) is 22.1 Å². The average molecular weight is 441 g/mol. The predicted molar refractivity (Wildman–Crippen MR) is 113 cm³/mol. The van der Waals surface area contributed by atoms with Gasteiger partial charge in [0, 0.05) is 41.7 Å². The fourth-order valence-corrected chi connectivity index (χ4v) is 4.12. The highest BCUT2D eigenvalue weighted by Gasteiger charge is 2.30. The Labute approximate surface area is 181 Å². The van der Waals surface area contributed by atoms with Gasteiger partial charge in [-0.25, -0.2) is 9.37 Å². The van der Waals surface area contributed by atoms with E-state index in [1.54, 1.807) is 37.0 Å². The fourth-order valence-electron chi connectivity index (χ4n) is 3.89. The van der Waals surface area contributed by atoms with Crippen LogP contribution in [-0.4, -0.2) is 30.1 Å². The zero-order valence-corrected chi connectivity index (χ0v) is 17.4. The zero-order chi connectivity index (χ0) is 21.9. The van der Waals surface area contributed by atoms with E-state index in [0.29, 0.717) is 45.0 Å². The van der Waals surface area contributed by atoms with Crippen LogP contribution >= 0.6 is 11.6 Å². The Hall–Kier alpha value is -3.43. The number of ether oxygens (including phenoxy) is 1. The maximum atomic E-state index is 14.2. The summed E-state index contributed by atoms with van der Waals surface area (Å²) in [4.78, 5) is 4.20. The number of hydrogen-bond donors (Lipinski definition) is 3. The molecule has 1 aliphatic rings. The lowest BCUT2D eigenvalue weighted by atomic mass is 9.93. The van der Waals surface area contributed by atoms with Gasteiger partial charge in [0.2, 0.25) is 0 Å². The number of H-pyrrole nitrogens is 1. The van der Waals surface area contributed by atoms with Gasteiger partial charge in [-0.15, -0.1) is 0 Å². The van der Waals surface area contributed by atoms with Crippen LogP contribution in [0.3, 0.4) is 0 Å². The summed E-state index contributed by atoms with van der Waals surface area (Å²) in [7, 11) is 1.74. The molecule has 0 amide bonds. The number of halogens is 2. The van der Waals surface area contributed by atoms with Gasteiger partial charge in [-0.1, -0.05) is 11.6 Å². The molecule has 3 aromatic heterocycles. The standard InChI is InChI=1S/C21H18ClFN6O2/c1-9-13-6-11(23)3-4-12(13)18-14(8-29(2)28-18)19(30)16-17(26-27-20(16)22)10-5-15(31-9)21(24)25-7-10/h3-9,19,30H,1-2H3,(H2,24,25)(H,26,27)/t9-,19?/m1/s1. The summed E-state index contributed by atoms with van der Waals surface area (Å²) in [5.74, 6) is 0.0637. The van der Waals surface area contributed by atoms with Gasteiger partial charge >= 0.3 is 0 Å². The number of fused-ring (bicyclic) bond motifs is 7. The van der Waals surface area contributed by atoms with E-state index in [1.165, 1.54) is 18.3 Å². The van der Waals surface area contributed by atoms with Crippen LogP contribution in [0.15, 0.2) is 36.7 Å². The Morgan fingerprint density at radius 1 is 1.26 bits per heavy atom. The summed E-state index contributed by atoms with van der Waals surface area (Å²) in [6.45, 7) is 1.78. The second-order valence-electron chi connectivity index (χ2n) is 7.41. The third-order valence-electron chi connectivity index (χ3n) is 5.35.